The van der Waals surface area contributed by atoms with E-state index in [-0.39, 0.29) is 45.2 Å². The van der Waals surface area contributed by atoms with Crippen molar-refractivity contribution in [3.63, 3.8) is 0 Å². The van der Waals surface area contributed by atoms with Crippen LogP contribution in [0.15, 0.2) is 48.5 Å². The molecule has 0 saturated heterocycles. The van der Waals surface area contributed by atoms with Crippen LogP contribution < -0.4 is 10.6 Å². The van der Waals surface area contributed by atoms with Gasteiger partial charge in [0.05, 0.1) is 22.0 Å². The highest BCUT2D eigenvalue weighted by Gasteiger charge is 2.34. The number of carbonyl (C=O) groups excluding carboxylic acids is 1. The number of fused-ring (bicyclic) bond motifs is 3. The molecule has 1 aromatic heterocycles. The van der Waals surface area contributed by atoms with E-state index in [1.807, 2.05) is 0 Å². The number of aliphatic carboxylic acids is 1. The quantitative estimate of drug-likeness (QED) is 0.222. The van der Waals surface area contributed by atoms with Crippen LogP contribution in [0.3, 0.4) is 0 Å². The Labute approximate surface area is 193 Å². The normalized spacial score (nSPS) is 11.8. The van der Waals surface area contributed by atoms with Crippen LogP contribution in [0.4, 0.5) is 22.0 Å². The molecule has 0 unspecified atom stereocenters. The van der Waals surface area contributed by atoms with Gasteiger partial charge in [-0.3, -0.25) is 4.79 Å². The van der Waals surface area contributed by atoms with Gasteiger partial charge in [0.2, 0.25) is 5.91 Å². The lowest BCUT2D eigenvalue weighted by atomic mass is 10.1. The third-order valence-corrected chi connectivity index (χ3v) is 5.22. The Morgan fingerprint density at radius 1 is 1.00 bits per heavy atom. The number of halogens is 5. The number of carboxylic acid groups (broad SMARTS) is 1. The highest BCUT2D eigenvalue weighted by molar-refractivity contribution is 6.19. The van der Waals surface area contributed by atoms with Crippen molar-refractivity contribution in [2.75, 3.05) is 6.61 Å². The lowest BCUT2D eigenvalue weighted by Gasteiger charge is -2.13. The third kappa shape index (κ3) is 4.47. The molecule has 0 atom stereocenters. The topological polar surface area (TPSA) is 104 Å². The van der Waals surface area contributed by atoms with E-state index in [2.05, 4.69) is 4.89 Å². The summed E-state index contributed by atoms with van der Waals surface area (Å²) in [5.74, 6) is -4.67. The van der Waals surface area contributed by atoms with E-state index in [0.717, 1.165) is 18.2 Å². The first-order chi connectivity index (χ1) is 16.5. The molecule has 7 nitrogen and oxygen atoms in total. The van der Waals surface area contributed by atoms with Crippen LogP contribution in [-0.4, -0.2) is 28.2 Å². The second kappa shape index (κ2) is 8.87. The molecule has 4 aromatic rings. The zero-order chi connectivity index (χ0) is 25.5. The van der Waals surface area contributed by atoms with Gasteiger partial charge in [-0.25, -0.2) is 13.6 Å². The molecule has 182 valence electrons. The lowest BCUT2D eigenvalue weighted by Crippen LogP contribution is -2.11. The summed E-state index contributed by atoms with van der Waals surface area (Å²) in [7, 11) is 0. The molecule has 0 spiro atoms. The predicted molar refractivity (Wildman–Crippen MR) is 113 cm³/mol. The van der Waals surface area contributed by atoms with Crippen molar-refractivity contribution in [1.29, 1.82) is 0 Å². The summed E-state index contributed by atoms with van der Waals surface area (Å²) in [6.45, 7) is -1.20. The average Bonchev–Trinajstić information content (AvgIpc) is 3.11. The molecule has 0 aliphatic heterocycles. The number of amides is 1. The van der Waals surface area contributed by atoms with Gasteiger partial charge in [-0.2, -0.15) is 18.1 Å². The Bertz CT molecular complexity index is 1480. The molecule has 0 aliphatic rings. The predicted octanol–water partition coefficient (Wildman–Crippen LogP) is 4.63. The number of nitrogens with zero attached hydrogens (tertiary/aromatic N) is 1. The molecule has 3 aromatic carbocycles. The number of hydrogen-bond donors (Lipinski definition) is 2. The van der Waals surface area contributed by atoms with Gasteiger partial charge in [0.25, 0.3) is 0 Å². The number of carboxylic acids is 1. The third-order valence-electron chi connectivity index (χ3n) is 5.22. The van der Waals surface area contributed by atoms with Gasteiger partial charge in [-0.15, -0.1) is 0 Å². The maximum Gasteiger partial charge on any atom is 0.419 e. The fourth-order valence-electron chi connectivity index (χ4n) is 3.85. The van der Waals surface area contributed by atoms with Gasteiger partial charge in [0.1, 0.15) is 11.6 Å². The van der Waals surface area contributed by atoms with E-state index in [4.69, 9.17) is 15.7 Å². The first-order valence-electron chi connectivity index (χ1n) is 9.89. The van der Waals surface area contributed by atoms with Gasteiger partial charge in [0, 0.05) is 17.5 Å². The molecule has 0 saturated carbocycles. The van der Waals surface area contributed by atoms with Crippen molar-refractivity contribution in [2.24, 2.45) is 5.73 Å². The molecule has 1 amide bonds. The molecular formula is C23H15F5N2O5. The maximum atomic E-state index is 15.1. The number of primary amides is 1. The van der Waals surface area contributed by atoms with Crippen LogP contribution in [0.25, 0.3) is 21.8 Å². The minimum atomic E-state index is -4.95. The Kier molecular flexibility index (Phi) is 6.07. The largest absolute Gasteiger partial charge is 0.479 e. The van der Waals surface area contributed by atoms with Crippen molar-refractivity contribution in [1.82, 2.24) is 4.57 Å². The van der Waals surface area contributed by atoms with Crippen LogP contribution in [-0.2, 0) is 22.4 Å². The zero-order valence-corrected chi connectivity index (χ0v) is 17.5. The number of nitrogens with two attached hydrogens (primary N) is 1. The number of carbonyl (C=O) groups is 2. The standard InChI is InChI=1S/C23H15F5N2O5/c24-14-5-4-11(8-13(14)23(26,27)28)9-30-16-3-1-2-12(22(29)33)19(16)20-17(35-34-10-18(31)32)7-6-15(25)21(20)30/h1-8H,9-10H2,(H2,29,33)(H,31,32). The number of hydrogen-bond acceptors (Lipinski definition) is 4. The minimum Gasteiger partial charge on any atom is -0.479 e. The van der Waals surface area contributed by atoms with E-state index in [1.165, 1.54) is 22.8 Å². The van der Waals surface area contributed by atoms with Crippen molar-refractivity contribution in [2.45, 2.75) is 12.7 Å². The molecule has 35 heavy (non-hydrogen) atoms. The van der Waals surface area contributed by atoms with Gasteiger partial charge < -0.3 is 20.3 Å². The zero-order valence-electron chi connectivity index (χ0n) is 17.5. The van der Waals surface area contributed by atoms with Crippen LogP contribution in [0.1, 0.15) is 21.5 Å². The molecule has 0 bridgehead atoms. The molecule has 4 rings (SSSR count). The first-order valence-corrected chi connectivity index (χ1v) is 9.89. The first kappa shape index (κ1) is 24.0. The smallest absolute Gasteiger partial charge is 0.419 e. The van der Waals surface area contributed by atoms with E-state index < -0.39 is 41.9 Å². The maximum absolute atomic E-state index is 15.1. The lowest BCUT2D eigenvalue weighted by molar-refractivity contribution is -0.212. The molecule has 12 heteroatoms. The summed E-state index contributed by atoms with van der Waals surface area (Å²) < 4.78 is 69.8. The Hall–Kier alpha value is -4.19. The summed E-state index contributed by atoms with van der Waals surface area (Å²) in [6, 6.07) is 8.80. The van der Waals surface area contributed by atoms with E-state index in [9.17, 15) is 27.2 Å². The summed E-state index contributed by atoms with van der Waals surface area (Å²) in [5.41, 5.74) is 3.98. The van der Waals surface area contributed by atoms with Crippen molar-refractivity contribution >= 4 is 33.7 Å². The van der Waals surface area contributed by atoms with E-state index >= 15 is 4.39 Å². The summed E-state index contributed by atoms with van der Waals surface area (Å²) in [5, 5.41) is 8.86. The second-order valence-electron chi connectivity index (χ2n) is 7.47. The highest BCUT2D eigenvalue weighted by atomic mass is 19.4. The molecule has 0 aliphatic carbocycles. The van der Waals surface area contributed by atoms with Gasteiger partial charge in [-0.05, 0) is 42.0 Å². The van der Waals surface area contributed by atoms with E-state index in [1.54, 1.807) is 0 Å². The van der Waals surface area contributed by atoms with Crippen molar-refractivity contribution in [3.05, 3.63) is 76.9 Å². The SMILES string of the molecule is NC(=O)c1cccc2c1c1c(OOCC(=O)O)ccc(F)c1n2Cc1ccc(F)c(C(F)(F)F)c1. The Balaban J connectivity index is 1.98. The average molecular weight is 494 g/mol. The van der Waals surface area contributed by atoms with Gasteiger partial charge in [-0.1, -0.05) is 12.1 Å². The Morgan fingerprint density at radius 2 is 1.71 bits per heavy atom. The van der Waals surface area contributed by atoms with Crippen LogP contribution in [0.5, 0.6) is 5.75 Å². The van der Waals surface area contributed by atoms with Crippen LogP contribution >= 0.6 is 0 Å². The highest BCUT2D eigenvalue weighted by Crippen LogP contribution is 2.40. The van der Waals surface area contributed by atoms with E-state index in [0.29, 0.717) is 12.1 Å². The van der Waals surface area contributed by atoms with Crippen molar-refractivity contribution < 1.29 is 46.4 Å². The minimum absolute atomic E-state index is 0.00477. The Morgan fingerprint density at radius 3 is 2.37 bits per heavy atom. The summed E-state index contributed by atoms with van der Waals surface area (Å²) in [4.78, 5) is 32.6. The summed E-state index contributed by atoms with van der Waals surface area (Å²) >= 11 is 0. The van der Waals surface area contributed by atoms with Crippen molar-refractivity contribution in [3.8, 4) is 5.75 Å². The number of aromatic nitrogens is 1. The van der Waals surface area contributed by atoms with Crippen LogP contribution in [0.2, 0.25) is 0 Å². The summed E-state index contributed by atoms with van der Waals surface area (Å²) in [6.07, 6.45) is -4.95. The molecule has 1 heterocycles. The monoisotopic (exact) mass is 494 g/mol. The number of rotatable bonds is 7. The van der Waals surface area contributed by atoms with Gasteiger partial charge >= 0.3 is 12.1 Å². The number of benzene rings is 3. The molecular weight excluding hydrogens is 479 g/mol. The number of alkyl halides is 3. The fraction of sp³-hybridized carbons (Fsp3) is 0.130. The fourth-order valence-corrected chi connectivity index (χ4v) is 3.85. The van der Waals surface area contributed by atoms with Crippen LogP contribution in [0, 0.1) is 11.6 Å². The van der Waals surface area contributed by atoms with Gasteiger partial charge in [0.15, 0.2) is 12.4 Å². The second-order valence-corrected chi connectivity index (χ2v) is 7.47. The molecule has 0 fully saturated rings. The molecule has 3 N–H and O–H groups in total. The molecule has 0 radical (unpaired) electrons.